The number of carbonyl (C=O) groups excluding carboxylic acids is 1. The van der Waals surface area contributed by atoms with Crippen molar-refractivity contribution in [3.05, 3.63) is 68.9 Å². The number of halogens is 2. The molecule has 5 nitrogen and oxygen atoms in total. The number of pyridine rings is 1. The van der Waals surface area contributed by atoms with E-state index in [1.165, 1.54) is 6.20 Å². The lowest BCUT2D eigenvalue weighted by Crippen LogP contribution is -2.48. The average molecular weight is 401 g/mol. The summed E-state index contributed by atoms with van der Waals surface area (Å²) >= 11 is 6.31. The number of hydrogen-bond donors (Lipinski definition) is 1. The van der Waals surface area contributed by atoms with Gasteiger partial charge < -0.3 is 10.2 Å². The summed E-state index contributed by atoms with van der Waals surface area (Å²) in [6.07, 6.45) is 1.36. The smallest absolute Gasteiger partial charge is 0.305 e. The number of aromatic nitrogens is 1. The number of nitrogens with zero attached hydrogens (tertiary/aromatic N) is 3. The Labute approximate surface area is 169 Å². The zero-order valence-electron chi connectivity index (χ0n) is 15.9. The summed E-state index contributed by atoms with van der Waals surface area (Å²) in [5.74, 6) is -1.37. The van der Waals surface area contributed by atoms with Crippen molar-refractivity contribution < 1.29 is 9.18 Å². The molecule has 1 N–H and O–H groups in total. The summed E-state index contributed by atoms with van der Waals surface area (Å²) in [5.41, 5.74) is 3.10. The van der Waals surface area contributed by atoms with E-state index in [0.717, 1.165) is 48.9 Å². The Balaban J connectivity index is 1.80. The maximum atomic E-state index is 13.8. The molecule has 0 aliphatic carbocycles. The minimum Gasteiger partial charge on any atom is -0.358 e. The fourth-order valence-electron chi connectivity index (χ4n) is 3.48. The van der Waals surface area contributed by atoms with Gasteiger partial charge in [-0.15, -0.1) is 4.98 Å². The molecule has 1 atom stereocenters. The number of benzene rings is 1. The fraction of sp³-hybridized carbons (Fsp3) is 0.381. The van der Waals surface area contributed by atoms with Gasteiger partial charge in [-0.25, -0.2) is 4.39 Å². The van der Waals surface area contributed by atoms with Gasteiger partial charge in [0.15, 0.2) is 11.6 Å². The Morgan fingerprint density at radius 3 is 2.86 bits per heavy atom. The van der Waals surface area contributed by atoms with Crippen molar-refractivity contribution in [3.8, 4) is 0 Å². The SMILES string of the molecule is [C-]#[N+]c1ncc(C(=O)Cc2cc(Cl)cc(CN3CCN[C@@H](C)C3)c2C)cc1F. The van der Waals surface area contributed by atoms with Gasteiger partial charge >= 0.3 is 5.82 Å². The van der Waals surface area contributed by atoms with Crippen LogP contribution in [0.4, 0.5) is 10.2 Å². The van der Waals surface area contributed by atoms with Crippen molar-refractivity contribution >= 4 is 23.2 Å². The molecule has 2 heterocycles. The second kappa shape index (κ2) is 8.78. The van der Waals surface area contributed by atoms with Crippen LogP contribution in [0.15, 0.2) is 24.4 Å². The molecule has 0 unspecified atom stereocenters. The summed E-state index contributed by atoms with van der Waals surface area (Å²) in [4.78, 5) is 21.7. The van der Waals surface area contributed by atoms with Crippen molar-refractivity contribution in [3.63, 3.8) is 0 Å². The minimum absolute atomic E-state index is 0.107. The Morgan fingerprint density at radius 2 is 2.18 bits per heavy atom. The summed E-state index contributed by atoms with van der Waals surface area (Å²) in [6.45, 7) is 14.6. The van der Waals surface area contributed by atoms with Gasteiger partial charge in [-0.05, 0) is 48.7 Å². The van der Waals surface area contributed by atoms with Gasteiger partial charge in [0.1, 0.15) is 6.20 Å². The lowest BCUT2D eigenvalue weighted by molar-refractivity contribution is 0.0992. The highest BCUT2D eigenvalue weighted by molar-refractivity contribution is 6.30. The molecule has 0 radical (unpaired) electrons. The van der Waals surface area contributed by atoms with Crippen LogP contribution in [0, 0.1) is 19.3 Å². The number of hydrogen-bond acceptors (Lipinski definition) is 4. The number of rotatable bonds is 5. The first kappa shape index (κ1) is 20.4. The average Bonchev–Trinajstić information content (AvgIpc) is 2.65. The maximum Gasteiger partial charge on any atom is 0.305 e. The van der Waals surface area contributed by atoms with Gasteiger partial charge in [0, 0.05) is 43.7 Å². The molecule has 28 heavy (non-hydrogen) atoms. The van der Waals surface area contributed by atoms with E-state index in [9.17, 15) is 9.18 Å². The minimum atomic E-state index is -0.780. The third-order valence-corrected chi connectivity index (χ3v) is 5.25. The quantitative estimate of drug-likeness (QED) is 0.609. The summed E-state index contributed by atoms with van der Waals surface area (Å²) in [7, 11) is 0. The van der Waals surface area contributed by atoms with Crippen LogP contribution in [-0.2, 0) is 13.0 Å². The van der Waals surface area contributed by atoms with Gasteiger partial charge in [-0.1, -0.05) is 18.2 Å². The van der Waals surface area contributed by atoms with Gasteiger partial charge in [0.25, 0.3) is 0 Å². The zero-order chi connectivity index (χ0) is 20.3. The van der Waals surface area contributed by atoms with Crippen LogP contribution in [0.1, 0.15) is 34.0 Å². The molecule has 0 bridgehead atoms. The second-order valence-corrected chi connectivity index (χ2v) is 7.62. The van der Waals surface area contributed by atoms with E-state index in [1.807, 2.05) is 13.0 Å². The normalized spacial score (nSPS) is 17.3. The van der Waals surface area contributed by atoms with Gasteiger partial charge in [-0.3, -0.25) is 9.69 Å². The van der Waals surface area contributed by atoms with Crippen molar-refractivity contribution in [2.75, 3.05) is 19.6 Å². The first-order valence-corrected chi connectivity index (χ1v) is 9.55. The molecule has 0 amide bonds. The Bertz CT molecular complexity index is 941. The van der Waals surface area contributed by atoms with E-state index >= 15 is 0 Å². The van der Waals surface area contributed by atoms with Crippen LogP contribution in [0.3, 0.4) is 0 Å². The van der Waals surface area contributed by atoms with Crippen molar-refractivity contribution in [1.29, 1.82) is 0 Å². The standard InChI is InChI=1S/C21H22ClFN4O/c1-13-11-27(5-4-25-13)12-17-7-18(22)6-15(14(17)2)9-20(28)16-8-19(23)21(24-3)26-10-16/h6-8,10,13,25H,4-5,9,11-12H2,1-2H3/t13-/m0/s1. The number of nitrogens with one attached hydrogen (secondary N) is 1. The van der Waals surface area contributed by atoms with E-state index in [-0.39, 0.29) is 23.6 Å². The molecule has 1 aliphatic heterocycles. The van der Waals surface area contributed by atoms with Crippen LogP contribution < -0.4 is 5.32 Å². The van der Waals surface area contributed by atoms with Crippen molar-refractivity contribution in [2.24, 2.45) is 0 Å². The molecule has 146 valence electrons. The van der Waals surface area contributed by atoms with E-state index < -0.39 is 5.82 Å². The number of ketones is 1. The lowest BCUT2D eigenvalue weighted by atomic mass is 9.96. The number of piperazine rings is 1. The molecule has 1 fully saturated rings. The molecule has 7 heteroatoms. The third-order valence-electron chi connectivity index (χ3n) is 5.04. The van der Waals surface area contributed by atoms with Gasteiger partial charge in [0.2, 0.25) is 0 Å². The Hall–Kier alpha value is -2.33. The molecule has 1 aliphatic rings. The number of carbonyl (C=O) groups is 1. The van der Waals surface area contributed by atoms with E-state index in [2.05, 4.69) is 27.0 Å². The molecule has 1 aromatic heterocycles. The second-order valence-electron chi connectivity index (χ2n) is 7.18. The molecular formula is C21H22ClFN4O. The maximum absolute atomic E-state index is 13.8. The van der Waals surface area contributed by atoms with Crippen molar-refractivity contribution in [1.82, 2.24) is 15.2 Å². The van der Waals surface area contributed by atoms with Gasteiger partial charge in [0.05, 0.1) is 5.56 Å². The number of Topliss-reactive ketones (excluding diaryl/α,β-unsaturated/α-hetero) is 1. The van der Waals surface area contributed by atoms with Crippen LogP contribution in [0.25, 0.3) is 4.85 Å². The molecule has 3 rings (SSSR count). The highest BCUT2D eigenvalue weighted by atomic mass is 35.5. The molecular weight excluding hydrogens is 379 g/mol. The topological polar surface area (TPSA) is 49.6 Å². The van der Waals surface area contributed by atoms with Crippen LogP contribution >= 0.6 is 11.6 Å². The molecule has 0 spiro atoms. The largest absolute Gasteiger partial charge is 0.358 e. The highest BCUT2D eigenvalue weighted by Gasteiger charge is 2.19. The summed E-state index contributed by atoms with van der Waals surface area (Å²) < 4.78 is 13.8. The van der Waals surface area contributed by atoms with E-state index in [1.54, 1.807) is 6.07 Å². The predicted octanol–water partition coefficient (Wildman–Crippen LogP) is 3.95. The van der Waals surface area contributed by atoms with Crippen LogP contribution in [0.2, 0.25) is 5.02 Å². The molecule has 1 aromatic carbocycles. The first-order valence-electron chi connectivity index (χ1n) is 9.17. The predicted molar refractivity (Wildman–Crippen MR) is 107 cm³/mol. The monoisotopic (exact) mass is 400 g/mol. The Kier molecular flexibility index (Phi) is 6.40. The summed E-state index contributed by atoms with van der Waals surface area (Å²) in [6, 6.07) is 5.25. The molecule has 1 saturated heterocycles. The first-order chi connectivity index (χ1) is 13.4. The third kappa shape index (κ3) is 4.74. The van der Waals surface area contributed by atoms with Gasteiger partial charge in [-0.2, -0.15) is 0 Å². The fourth-order valence-corrected chi connectivity index (χ4v) is 3.75. The van der Waals surface area contributed by atoms with E-state index in [4.69, 9.17) is 18.2 Å². The molecule has 2 aromatic rings. The van der Waals surface area contributed by atoms with Crippen LogP contribution in [-0.4, -0.2) is 41.3 Å². The lowest BCUT2D eigenvalue weighted by Gasteiger charge is -2.32. The Morgan fingerprint density at radius 1 is 1.43 bits per heavy atom. The zero-order valence-corrected chi connectivity index (χ0v) is 16.7. The highest BCUT2D eigenvalue weighted by Crippen LogP contribution is 2.24. The molecule has 0 saturated carbocycles. The van der Waals surface area contributed by atoms with Crippen molar-refractivity contribution in [2.45, 2.75) is 32.9 Å². The van der Waals surface area contributed by atoms with Crippen LogP contribution in [0.5, 0.6) is 0 Å². The van der Waals surface area contributed by atoms with E-state index in [0.29, 0.717) is 11.1 Å². The summed E-state index contributed by atoms with van der Waals surface area (Å²) in [5, 5.41) is 4.01.